The number of carbonyl (C=O) groups is 1. The Morgan fingerprint density at radius 1 is 1.22 bits per heavy atom. The van der Waals surface area contributed by atoms with E-state index >= 15 is 0 Å². The van der Waals surface area contributed by atoms with Gasteiger partial charge in [0.15, 0.2) is 0 Å². The molecule has 0 bridgehead atoms. The number of methoxy groups -OCH3 is 2. The molecule has 6 heteroatoms. The Bertz CT molecular complexity index is 836. The van der Waals surface area contributed by atoms with Crippen LogP contribution in [0, 0.1) is 0 Å². The number of aryl methyl sites for hydroxylation is 1. The van der Waals surface area contributed by atoms with Gasteiger partial charge in [-0.05, 0) is 43.9 Å². The summed E-state index contributed by atoms with van der Waals surface area (Å²) in [7, 11) is 5.36. The van der Waals surface area contributed by atoms with Crippen LogP contribution >= 0.6 is 0 Å². The number of aromatic nitrogens is 1. The third-order valence-corrected chi connectivity index (χ3v) is 6.24. The zero-order valence-corrected chi connectivity index (χ0v) is 16.4. The first-order valence-electron chi connectivity index (χ1n) is 9.67. The molecule has 1 aromatic carbocycles. The van der Waals surface area contributed by atoms with Crippen LogP contribution < -0.4 is 4.74 Å². The second-order valence-electron chi connectivity index (χ2n) is 7.59. The normalized spacial score (nSPS) is 22.3. The van der Waals surface area contributed by atoms with Crippen LogP contribution in [0.15, 0.2) is 24.3 Å². The summed E-state index contributed by atoms with van der Waals surface area (Å²) in [6, 6.07) is 7.86. The van der Waals surface area contributed by atoms with Gasteiger partial charge in [0.05, 0.1) is 24.3 Å². The fraction of sp³-hybridized carbons (Fsp3) is 0.571. The van der Waals surface area contributed by atoms with E-state index in [9.17, 15) is 4.79 Å². The van der Waals surface area contributed by atoms with E-state index in [0.29, 0.717) is 18.8 Å². The first kappa shape index (κ1) is 18.3. The number of benzene rings is 1. The number of piperidine rings is 1. The van der Waals surface area contributed by atoms with Crippen molar-refractivity contribution in [3.63, 3.8) is 0 Å². The Labute approximate surface area is 160 Å². The van der Waals surface area contributed by atoms with Crippen molar-refractivity contribution in [2.45, 2.75) is 37.4 Å². The molecule has 3 heterocycles. The third-order valence-electron chi connectivity index (χ3n) is 6.24. The second-order valence-corrected chi connectivity index (χ2v) is 7.59. The quantitative estimate of drug-likeness (QED) is 0.831. The highest BCUT2D eigenvalue weighted by Crippen LogP contribution is 2.37. The molecule has 0 radical (unpaired) electrons. The van der Waals surface area contributed by atoms with E-state index in [1.165, 1.54) is 0 Å². The van der Waals surface area contributed by atoms with Gasteiger partial charge in [-0.1, -0.05) is 0 Å². The van der Waals surface area contributed by atoms with Crippen molar-refractivity contribution < 1.29 is 19.0 Å². The Kier molecular flexibility index (Phi) is 4.86. The zero-order chi connectivity index (χ0) is 19.0. The summed E-state index contributed by atoms with van der Waals surface area (Å²) in [5.74, 6) is 0.870. The van der Waals surface area contributed by atoms with Crippen LogP contribution in [-0.2, 0) is 16.5 Å². The number of hydrogen-bond acceptors (Lipinski definition) is 4. The maximum atomic E-state index is 13.2. The molecule has 27 heavy (non-hydrogen) atoms. The molecular weight excluding hydrogens is 344 g/mol. The van der Waals surface area contributed by atoms with Gasteiger partial charge in [-0.3, -0.25) is 4.79 Å². The molecule has 1 atom stereocenters. The zero-order valence-electron chi connectivity index (χ0n) is 16.4. The molecule has 0 N–H and O–H groups in total. The number of hydrogen-bond donors (Lipinski definition) is 0. The van der Waals surface area contributed by atoms with Gasteiger partial charge < -0.3 is 23.7 Å². The largest absolute Gasteiger partial charge is 0.497 e. The van der Waals surface area contributed by atoms with Gasteiger partial charge in [0, 0.05) is 45.3 Å². The molecule has 2 aliphatic heterocycles. The van der Waals surface area contributed by atoms with Crippen molar-refractivity contribution in [2.75, 3.05) is 33.9 Å². The van der Waals surface area contributed by atoms with Crippen LogP contribution in [0.4, 0.5) is 0 Å². The lowest BCUT2D eigenvalue weighted by atomic mass is 9.82. The first-order chi connectivity index (χ1) is 13.1. The van der Waals surface area contributed by atoms with Crippen LogP contribution in [0.2, 0.25) is 0 Å². The van der Waals surface area contributed by atoms with Gasteiger partial charge in [0.25, 0.3) is 5.91 Å². The van der Waals surface area contributed by atoms with Crippen LogP contribution in [0.5, 0.6) is 5.75 Å². The number of carbonyl (C=O) groups excluding carboxylic acids is 1. The second kappa shape index (κ2) is 7.17. The van der Waals surface area contributed by atoms with E-state index in [1.54, 1.807) is 14.2 Å². The maximum absolute atomic E-state index is 13.2. The molecule has 2 aliphatic rings. The number of ether oxygens (including phenoxy) is 3. The first-order valence-corrected chi connectivity index (χ1v) is 9.67. The van der Waals surface area contributed by atoms with E-state index in [-0.39, 0.29) is 17.6 Å². The smallest absolute Gasteiger partial charge is 0.270 e. The SMILES string of the molecule is COc1ccc2cc(C(=O)N3CCC4(CC3)OCCC[C@@H]4OC)n(C)c2c1. The number of amides is 1. The Morgan fingerprint density at radius 2 is 2.00 bits per heavy atom. The fourth-order valence-electron chi connectivity index (χ4n) is 4.59. The van der Waals surface area contributed by atoms with Gasteiger partial charge in [-0.2, -0.15) is 0 Å². The highest BCUT2D eigenvalue weighted by atomic mass is 16.5. The predicted octanol–water partition coefficient (Wildman–Crippen LogP) is 2.99. The van der Waals surface area contributed by atoms with Crippen molar-refractivity contribution >= 4 is 16.8 Å². The molecule has 2 aromatic rings. The molecule has 0 unspecified atom stereocenters. The van der Waals surface area contributed by atoms with Gasteiger partial charge in [-0.25, -0.2) is 0 Å². The highest BCUT2D eigenvalue weighted by Gasteiger charge is 2.45. The fourth-order valence-corrected chi connectivity index (χ4v) is 4.59. The topological polar surface area (TPSA) is 52.9 Å². The van der Waals surface area contributed by atoms with Crippen molar-refractivity contribution in [2.24, 2.45) is 7.05 Å². The summed E-state index contributed by atoms with van der Waals surface area (Å²) in [6.45, 7) is 2.19. The summed E-state index contributed by atoms with van der Waals surface area (Å²) >= 11 is 0. The summed E-state index contributed by atoms with van der Waals surface area (Å²) in [4.78, 5) is 15.1. The van der Waals surface area contributed by atoms with E-state index in [2.05, 4.69) is 0 Å². The number of likely N-dealkylation sites (tertiary alicyclic amines) is 1. The molecule has 2 saturated heterocycles. The lowest BCUT2D eigenvalue weighted by Gasteiger charge is -2.48. The Morgan fingerprint density at radius 3 is 2.70 bits per heavy atom. The minimum Gasteiger partial charge on any atom is -0.497 e. The van der Waals surface area contributed by atoms with E-state index in [1.807, 2.05) is 40.8 Å². The van der Waals surface area contributed by atoms with E-state index in [0.717, 1.165) is 48.9 Å². The summed E-state index contributed by atoms with van der Waals surface area (Å²) in [6.07, 6.45) is 3.87. The van der Waals surface area contributed by atoms with Crippen molar-refractivity contribution in [3.05, 3.63) is 30.0 Å². The summed E-state index contributed by atoms with van der Waals surface area (Å²) < 4.78 is 19.1. The lowest BCUT2D eigenvalue weighted by Crippen LogP contribution is -2.56. The molecule has 1 aromatic heterocycles. The molecule has 1 spiro atoms. The monoisotopic (exact) mass is 372 g/mol. The van der Waals surface area contributed by atoms with Crippen LogP contribution in [0.1, 0.15) is 36.2 Å². The third kappa shape index (κ3) is 3.11. The minimum atomic E-state index is -0.226. The molecule has 6 nitrogen and oxygen atoms in total. The molecule has 0 aliphatic carbocycles. The van der Waals surface area contributed by atoms with Crippen LogP contribution in [0.25, 0.3) is 10.9 Å². The van der Waals surface area contributed by atoms with E-state index < -0.39 is 0 Å². The molecule has 1 amide bonds. The Hall–Kier alpha value is -2.05. The van der Waals surface area contributed by atoms with Crippen LogP contribution in [-0.4, -0.2) is 61.0 Å². The van der Waals surface area contributed by atoms with Gasteiger partial charge in [0.1, 0.15) is 11.4 Å². The van der Waals surface area contributed by atoms with Crippen LogP contribution in [0.3, 0.4) is 0 Å². The molecule has 146 valence electrons. The standard InChI is InChI=1S/C21H28N2O4/c1-22-17-14-16(25-2)7-6-15(17)13-18(22)20(24)23-10-8-21(9-11-23)19(26-3)5-4-12-27-21/h6-7,13-14,19H,4-5,8-12H2,1-3H3/t19-/m0/s1. The lowest BCUT2D eigenvalue weighted by molar-refractivity contribution is -0.183. The van der Waals surface area contributed by atoms with Crippen molar-refractivity contribution in [1.82, 2.24) is 9.47 Å². The highest BCUT2D eigenvalue weighted by molar-refractivity contribution is 5.99. The van der Waals surface area contributed by atoms with Crippen molar-refractivity contribution in [3.8, 4) is 5.75 Å². The minimum absolute atomic E-state index is 0.0762. The maximum Gasteiger partial charge on any atom is 0.270 e. The van der Waals surface area contributed by atoms with Gasteiger partial charge in [0.2, 0.25) is 0 Å². The molecular formula is C21H28N2O4. The predicted molar refractivity (Wildman–Crippen MR) is 103 cm³/mol. The summed E-state index contributed by atoms with van der Waals surface area (Å²) in [5, 5.41) is 1.05. The van der Waals surface area contributed by atoms with Gasteiger partial charge in [-0.15, -0.1) is 0 Å². The summed E-state index contributed by atoms with van der Waals surface area (Å²) in [5.41, 5.74) is 1.49. The van der Waals surface area contributed by atoms with E-state index in [4.69, 9.17) is 14.2 Å². The number of nitrogens with zero attached hydrogens (tertiary/aromatic N) is 2. The van der Waals surface area contributed by atoms with Gasteiger partial charge >= 0.3 is 0 Å². The molecule has 0 saturated carbocycles. The number of rotatable bonds is 3. The average molecular weight is 372 g/mol. The average Bonchev–Trinajstić information content (AvgIpc) is 3.04. The molecule has 4 rings (SSSR count). The number of fused-ring (bicyclic) bond motifs is 1. The molecule has 2 fully saturated rings. The Balaban J connectivity index is 1.53. The van der Waals surface area contributed by atoms with Crippen molar-refractivity contribution in [1.29, 1.82) is 0 Å².